The third-order valence-corrected chi connectivity index (χ3v) is 7.11. The fourth-order valence-electron chi connectivity index (χ4n) is 2.48. The van der Waals surface area contributed by atoms with Crippen molar-refractivity contribution in [1.82, 2.24) is 13.9 Å². The van der Waals surface area contributed by atoms with Gasteiger partial charge in [-0.1, -0.05) is 23.7 Å². The molecule has 0 radical (unpaired) electrons. The third kappa shape index (κ3) is 3.28. The molecular weight excluding hydrogens is 354 g/mol. The second-order valence-electron chi connectivity index (χ2n) is 5.65. The molecule has 1 unspecified atom stereocenters. The van der Waals surface area contributed by atoms with Gasteiger partial charge in [-0.3, -0.25) is 0 Å². The van der Waals surface area contributed by atoms with Crippen molar-refractivity contribution >= 4 is 33.4 Å². The van der Waals surface area contributed by atoms with Crippen molar-refractivity contribution in [3.8, 4) is 0 Å². The first-order chi connectivity index (χ1) is 10.9. The van der Waals surface area contributed by atoms with E-state index in [4.69, 9.17) is 11.6 Å². The first-order valence-electron chi connectivity index (χ1n) is 7.32. The molecule has 1 aliphatic heterocycles. The van der Waals surface area contributed by atoms with Crippen LogP contribution in [0.2, 0.25) is 5.02 Å². The Labute approximate surface area is 145 Å². The van der Waals surface area contributed by atoms with Gasteiger partial charge in [0.15, 0.2) is 5.03 Å². The standard InChI is InChI=1S/C15H18ClN3O2S2/c1-11(2)18-9-14(17-10-18)23(20,21)19-6-7-22-15(19)12-4-3-5-13(16)8-12/h3-5,8-11,15H,6-7H2,1-2H3. The van der Waals surface area contributed by atoms with E-state index < -0.39 is 10.0 Å². The summed E-state index contributed by atoms with van der Waals surface area (Å²) in [6.45, 7) is 4.44. The minimum absolute atomic E-state index is 0.0979. The van der Waals surface area contributed by atoms with Gasteiger partial charge < -0.3 is 4.57 Å². The summed E-state index contributed by atoms with van der Waals surface area (Å²) < 4.78 is 29.2. The Morgan fingerprint density at radius 3 is 2.83 bits per heavy atom. The summed E-state index contributed by atoms with van der Waals surface area (Å²) in [6, 6.07) is 7.52. The molecule has 0 N–H and O–H groups in total. The van der Waals surface area contributed by atoms with Gasteiger partial charge in [0.1, 0.15) is 0 Å². The largest absolute Gasteiger partial charge is 0.334 e. The summed E-state index contributed by atoms with van der Waals surface area (Å²) >= 11 is 7.65. The highest BCUT2D eigenvalue weighted by Crippen LogP contribution is 2.41. The molecule has 1 aliphatic rings. The summed E-state index contributed by atoms with van der Waals surface area (Å²) in [5.41, 5.74) is 0.895. The molecule has 1 saturated heterocycles. The van der Waals surface area contributed by atoms with Crippen molar-refractivity contribution in [1.29, 1.82) is 0 Å². The summed E-state index contributed by atoms with van der Waals surface area (Å²) in [7, 11) is -3.62. The van der Waals surface area contributed by atoms with Crippen LogP contribution in [-0.2, 0) is 10.0 Å². The van der Waals surface area contributed by atoms with E-state index in [1.54, 1.807) is 34.9 Å². The van der Waals surface area contributed by atoms with Crippen LogP contribution >= 0.6 is 23.4 Å². The van der Waals surface area contributed by atoms with E-state index in [0.717, 1.165) is 11.3 Å². The van der Waals surface area contributed by atoms with E-state index >= 15 is 0 Å². The van der Waals surface area contributed by atoms with E-state index in [1.165, 1.54) is 4.31 Å². The van der Waals surface area contributed by atoms with Gasteiger partial charge in [-0.2, -0.15) is 4.31 Å². The number of hydrogen-bond acceptors (Lipinski definition) is 4. The number of halogens is 1. The Bertz CT molecular complexity index is 805. The van der Waals surface area contributed by atoms with Crippen LogP contribution in [0.15, 0.2) is 41.8 Å². The molecule has 8 heteroatoms. The minimum atomic E-state index is -3.62. The fourth-order valence-corrected chi connectivity index (χ4v) is 5.83. The van der Waals surface area contributed by atoms with Crippen LogP contribution in [0.5, 0.6) is 0 Å². The average molecular weight is 372 g/mol. The van der Waals surface area contributed by atoms with Crippen LogP contribution in [0, 0.1) is 0 Å². The summed E-state index contributed by atoms with van der Waals surface area (Å²) in [5, 5.41) is 0.445. The lowest BCUT2D eigenvalue weighted by Gasteiger charge is -2.22. The molecule has 3 rings (SSSR count). The van der Waals surface area contributed by atoms with Crippen molar-refractivity contribution in [3.05, 3.63) is 47.4 Å². The number of benzene rings is 1. The molecule has 0 saturated carbocycles. The van der Waals surface area contributed by atoms with Crippen LogP contribution < -0.4 is 0 Å². The normalized spacial score (nSPS) is 19.6. The van der Waals surface area contributed by atoms with Crippen LogP contribution in [0.4, 0.5) is 0 Å². The molecule has 0 bridgehead atoms. The lowest BCUT2D eigenvalue weighted by molar-refractivity contribution is 0.432. The number of aromatic nitrogens is 2. The van der Waals surface area contributed by atoms with Crippen molar-refractivity contribution in [2.75, 3.05) is 12.3 Å². The molecule has 2 aromatic rings. The topological polar surface area (TPSA) is 55.2 Å². The first-order valence-corrected chi connectivity index (χ1v) is 10.2. The summed E-state index contributed by atoms with van der Waals surface area (Å²) in [5.74, 6) is 0.751. The molecule has 0 aliphatic carbocycles. The van der Waals surface area contributed by atoms with Gasteiger partial charge >= 0.3 is 0 Å². The van der Waals surface area contributed by atoms with E-state index in [9.17, 15) is 8.42 Å². The van der Waals surface area contributed by atoms with E-state index in [1.807, 2.05) is 32.0 Å². The second-order valence-corrected chi connectivity index (χ2v) is 9.11. The van der Waals surface area contributed by atoms with E-state index in [0.29, 0.717) is 11.6 Å². The molecule has 124 valence electrons. The molecule has 1 fully saturated rings. The Kier molecular flexibility index (Phi) is 4.73. The summed E-state index contributed by atoms with van der Waals surface area (Å²) in [6.07, 6.45) is 3.16. The molecule has 1 aromatic carbocycles. The Balaban J connectivity index is 1.94. The van der Waals surface area contributed by atoms with Crippen LogP contribution in [0.25, 0.3) is 0 Å². The van der Waals surface area contributed by atoms with Crippen molar-refractivity contribution in [2.45, 2.75) is 30.3 Å². The predicted octanol–water partition coefficient (Wildman–Crippen LogP) is 3.55. The van der Waals surface area contributed by atoms with Gasteiger partial charge in [-0.05, 0) is 31.5 Å². The molecule has 23 heavy (non-hydrogen) atoms. The zero-order valence-electron chi connectivity index (χ0n) is 12.9. The maximum absolute atomic E-state index is 12.9. The number of thioether (sulfide) groups is 1. The summed E-state index contributed by atoms with van der Waals surface area (Å²) in [4.78, 5) is 4.10. The quantitative estimate of drug-likeness (QED) is 0.824. The molecule has 0 spiro atoms. The van der Waals surface area contributed by atoms with Gasteiger partial charge in [0.2, 0.25) is 0 Å². The number of sulfonamides is 1. The number of imidazole rings is 1. The van der Waals surface area contributed by atoms with Crippen LogP contribution in [0.1, 0.15) is 30.8 Å². The molecule has 5 nitrogen and oxygen atoms in total. The van der Waals surface area contributed by atoms with Gasteiger partial charge in [-0.15, -0.1) is 11.8 Å². The number of rotatable bonds is 4. The lowest BCUT2D eigenvalue weighted by Crippen LogP contribution is -2.30. The van der Waals surface area contributed by atoms with Gasteiger partial charge in [0, 0.05) is 29.6 Å². The Morgan fingerprint density at radius 2 is 2.17 bits per heavy atom. The zero-order valence-corrected chi connectivity index (χ0v) is 15.3. The van der Waals surface area contributed by atoms with E-state index in [-0.39, 0.29) is 16.4 Å². The average Bonchev–Trinajstić information content (AvgIpc) is 3.17. The first kappa shape index (κ1) is 16.8. The van der Waals surface area contributed by atoms with E-state index in [2.05, 4.69) is 4.98 Å². The molecule has 1 aromatic heterocycles. The molecule has 2 heterocycles. The highest BCUT2D eigenvalue weighted by molar-refractivity contribution is 8.00. The van der Waals surface area contributed by atoms with Crippen LogP contribution in [0.3, 0.4) is 0 Å². The second kappa shape index (κ2) is 6.47. The number of nitrogens with zero attached hydrogens (tertiary/aromatic N) is 3. The van der Waals surface area contributed by atoms with Gasteiger partial charge in [-0.25, -0.2) is 13.4 Å². The van der Waals surface area contributed by atoms with Crippen molar-refractivity contribution in [2.24, 2.45) is 0 Å². The highest BCUT2D eigenvalue weighted by Gasteiger charge is 2.38. The predicted molar refractivity (Wildman–Crippen MR) is 93.2 cm³/mol. The van der Waals surface area contributed by atoms with Crippen LogP contribution in [-0.4, -0.2) is 34.6 Å². The molecular formula is C15H18ClN3O2S2. The van der Waals surface area contributed by atoms with Gasteiger partial charge in [0.05, 0.1) is 11.7 Å². The smallest absolute Gasteiger partial charge is 0.263 e. The maximum atomic E-state index is 12.9. The molecule has 0 amide bonds. The monoisotopic (exact) mass is 371 g/mol. The fraction of sp³-hybridized carbons (Fsp3) is 0.400. The maximum Gasteiger partial charge on any atom is 0.263 e. The minimum Gasteiger partial charge on any atom is -0.334 e. The van der Waals surface area contributed by atoms with Crippen molar-refractivity contribution in [3.63, 3.8) is 0 Å². The number of hydrogen-bond donors (Lipinski definition) is 0. The molecule has 1 atom stereocenters. The zero-order chi connectivity index (χ0) is 16.6. The highest BCUT2D eigenvalue weighted by atomic mass is 35.5. The van der Waals surface area contributed by atoms with Gasteiger partial charge in [0.25, 0.3) is 10.0 Å². The Hall–Kier alpha value is -1.02. The van der Waals surface area contributed by atoms with Crippen molar-refractivity contribution < 1.29 is 8.42 Å². The lowest BCUT2D eigenvalue weighted by atomic mass is 10.2. The SMILES string of the molecule is CC(C)n1cnc(S(=O)(=O)N2CCSC2c2cccc(Cl)c2)c1. The third-order valence-electron chi connectivity index (χ3n) is 3.73. The Morgan fingerprint density at radius 1 is 1.39 bits per heavy atom.